The van der Waals surface area contributed by atoms with Gasteiger partial charge in [0.2, 0.25) is 5.91 Å². The van der Waals surface area contributed by atoms with Crippen molar-refractivity contribution in [3.05, 3.63) is 108 Å². The molecule has 0 bridgehead atoms. The lowest BCUT2D eigenvalue weighted by atomic mass is 9.84. The topological polar surface area (TPSA) is 105 Å². The highest BCUT2D eigenvalue weighted by atomic mass is 32.2. The summed E-state index contributed by atoms with van der Waals surface area (Å²) in [4.78, 5) is 36.9. The molecule has 3 rings (SSSR count). The number of nitrogens with one attached hydrogen (secondary N) is 2. The second-order valence-electron chi connectivity index (χ2n) is 10.4. The molecule has 0 aliphatic heterocycles. The second kappa shape index (κ2) is 14.6. The Bertz CT molecular complexity index is 1130. The number of thioether (sulfide) groups is 1. The van der Waals surface area contributed by atoms with Crippen molar-refractivity contribution in [2.75, 3.05) is 12.3 Å². The van der Waals surface area contributed by atoms with Gasteiger partial charge in [0.25, 0.3) is 0 Å². The standard InChI is InChI=1S/C32H38N2O5S/c1-31(2,3)39-30(38)34-27(29(37)33-22-14-13-21-28(35)36)23-40-32(24-15-7-4-8-16-24,25-17-9-5-10-18-25)26-19-11-6-12-20-26/h4-12,15-20,27H,13-14,21-23H2,1-3H3,(H,33,37)(H,34,38)(H,35,36). The molecule has 212 valence electrons. The SMILES string of the molecule is CC(C)(C)OC(=O)NC(CSC(c1ccccc1)(c1ccccc1)c1ccccc1)C(=O)NCCCCC(=O)O. The molecule has 0 aliphatic carbocycles. The maximum Gasteiger partial charge on any atom is 0.408 e. The summed E-state index contributed by atoms with van der Waals surface area (Å²) in [5.74, 6) is -0.971. The molecule has 3 aromatic carbocycles. The zero-order valence-corrected chi connectivity index (χ0v) is 24.1. The van der Waals surface area contributed by atoms with Crippen LogP contribution in [0.5, 0.6) is 0 Å². The molecular formula is C32H38N2O5S. The maximum absolute atomic E-state index is 13.4. The van der Waals surface area contributed by atoms with Crippen LogP contribution in [-0.2, 0) is 19.1 Å². The van der Waals surface area contributed by atoms with Crippen LogP contribution >= 0.6 is 11.8 Å². The van der Waals surface area contributed by atoms with Crippen LogP contribution in [0.3, 0.4) is 0 Å². The van der Waals surface area contributed by atoms with Crippen LogP contribution in [0, 0.1) is 0 Å². The van der Waals surface area contributed by atoms with E-state index in [1.165, 1.54) is 0 Å². The zero-order valence-electron chi connectivity index (χ0n) is 23.3. The van der Waals surface area contributed by atoms with Crippen molar-refractivity contribution in [3.63, 3.8) is 0 Å². The monoisotopic (exact) mass is 562 g/mol. The minimum Gasteiger partial charge on any atom is -0.481 e. The van der Waals surface area contributed by atoms with Gasteiger partial charge in [-0.1, -0.05) is 91.0 Å². The molecule has 1 atom stereocenters. The van der Waals surface area contributed by atoms with Crippen LogP contribution in [0.4, 0.5) is 4.79 Å². The van der Waals surface area contributed by atoms with Crippen LogP contribution in [0.2, 0.25) is 0 Å². The summed E-state index contributed by atoms with van der Waals surface area (Å²) in [7, 11) is 0. The van der Waals surface area contributed by atoms with Crippen molar-refractivity contribution < 1.29 is 24.2 Å². The number of unbranched alkanes of at least 4 members (excludes halogenated alkanes) is 1. The molecule has 0 spiro atoms. The van der Waals surface area contributed by atoms with Gasteiger partial charge >= 0.3 is 12.1 Å². The molecule has 0 aromatic heterocycles. The molecule has 2 amide bonds. The number of aliphatic carboxylic acids is 1. The number of carbonyl (C=O) groups excluding carboxylic acids is 2. The number of alkyl carbamates (subject to hydrolysis) is 1. The summed E-state index contributed by atoms with van der Waals surface area (Å²) in [6.07, 6.45) is 0.336. The van der Waals surface area contributed by atoms with Gasteiger partial charge in [0.1, 0.15) is 11.6 Å². The van der Waals surface area contributed by atoms with Crippen molar-refractivity contribution in [1.29, 1.82) is 0 Å². The molecule has 0 aliphatic rings. The quantitative estimate of drug-likeness (QED) is 0.175. The summed E-state index contributed by atoms with van der Waals surface area (Å²) in [5, 5.41) is 14.5. The van der Waals surface area contributed by atoms with Gasteiger partial charge in [-0.3, -0.25) is 9.59 Å². The van der Waals surface area contributed by atoms with E-state index in [1.54, 1.807) is 32.5 Å². The van der Waals surface area contributed by atoms with Crippen molar-refractivity contribution in [1.82, 2.24) is 10.6 Å². The molecule has 0 saturated heterocycles. The van der Waals surface area contributed by atoms with Crippen molar-refractivity contribution in [2.24, 2.45) is 0 Å². The van der Waals surface area contributed by atoms with Crippen LogP contribution in [0.25, 0.3) is 0 Å². The van der Waals surface area contributed by atoms with Crippen LogP contribution < -0.4 is 10.6 Å². The number of amides is 2. The van der Waals surface area contributed by atoms with Crippen molar-refractivity contribution in [3.8, 4) is 0 Å². The number of benzene rings is 3. The van der Waals surface area contributed by atoms with Crippen LogP contribution in [0.15, 0.2) is 91.0 Å². The summed E-state index contributed by atoms with van der Waals surface area (Å²) < 4.78 is 4.80. The fourth-order valence-corrected chi connectivity index (χ4v) is 5.91. The Balaban J connectivity index is 1.94. The Hall–Kier alpha value is -3.78. The van der Waals surface area contributed by atoms with E-state index >= 15 is 0 Å². The van der Waals surface area contributed by atoms with E-state index in [0.29, 0.717) is 19.4 Å². The lowest BCUT2D eigenvalue weighted by Gasteiger charge is -2.36. The molecule has 1 unspecified atom stereocenters. The maximum atomic E-state index is 13.4. The number of carboxylic acids is 1. The molecule has 3 aromatic rings. The predicted octanol–water partition coefficient (Wildman–Crippen LogP) is 5.98. The number of carbonyl (C=O) groups is 3. The Morgan fingerprint density at radius 3 is 1.70 bits per heavy atom. The van der Waals surface area contributed by atoms with Gasteiger partial charge in [-0.05, 0) is 50.3 Å². The lowest BCUT2D eigenvalue weighted by Crippen LogP contribution is -2.50. The Morgan fingerprint density at radius 2 is 1.27 bits per heavy atom. The Labute approximate surface area is 240 Å². The third-order valence-corrected chi connectivity index (χ3v) is 7.77. The number of ether oxygens (including phenoxy) is 1. The van der Waals surface area contributed by atoms with E-state index in [-0.39, 0.29) is 18.1 Å². The number of rotatable bonds is 13. The van der Waals surface area contributed by atoms with Gasteiger partial charge < -0.3 is 20.5 Å². The highest BCUT2D eigenvalue weighted by Crippen LogP contribution is 2.48. The highest BCUT2D eigenvalue weighted by Gasteiger charge is 2.38. The molecule has 3 N–H and O–H groups in total. The predicted molar refractivity (Wildman–Crippen MR) is 159 cm³/mol. The van der Waals surface area contributed by atoms with Gasteiger partial charge in [-0.15, -0.1) is 11.8 Å². The van der Waals surface area contributed by atoms with E-state index in [9.17, 15) is 14.4 Å². The fraction of sp³-hybridized carbons (Fsp3) is 0.344. The van der Waals surface area contributed by atoms with Gasteiger partial charge in [0, 0.05) is 18.7 Å². The first-order valence-electron chi connectivity index (χ1n) is 13.4. The summed E-state index contributed by atoms with van der Waals surface area (Å²) in [6.45, 7) is 5.61. The third-order valence-electron chi connectivity index (χ3n) is 6.13. The minimum atomic E-state index is -0.894. The van der Waals surface area contributed by atoms with Gasteiger partial charge in [0.05, 0.1) is 4.75 Å². The molecule has 8 heteroatoms. The molecule has 0 heterocycles. The van der Waals surface area contributed by atoms with Crippen molar-refractivity contribution in [2.45, 2.75) is 56.4 Å². The van der Waals surface area contributed by atoms with Crippen LogP contribution in [-0.4, -0.2) is 47.0 Å². The first kappa shape index (κ1) is 30.8. The van der Waals surface area contributed by atoms with Gasteiger partial charge in [0.15, 0.2) is 0 Å². The average Bonchev–Trinajstić information content (AvgIpc) is 2.93. The zero-order chi connectivity index (χ0) is 29.0. The summed E-state index contributed by atoms with van der Waals surface area (Å²) >= 11 is 1.56. The summed E-state index contributed by atoms with van der Waals surface area (Å²) in [6, 6.07) is 29.5. The molecule has 0 fully saturated rings. The van der Waals surface area contributed by atoms with E-state index in [1.807, 2.05) is 54.6 Å². The largest absolute Gasteiger partial charge is 0.481 e. The molecular weight excluding hydrogens is 524 g/mol. The third kappa shape index (κ3) is 8.88. The van der Waals surface area contributed by atoms with Crippen LogP contribution in [0.1, 0.15) is 56.7 Å². The second-order valence-corrected chi connectivity index (χ2v) is 11.7. The molecule has 0 saturated carbocycles. The highest BCUT2D eigenvalue weighted by molar-refractivity contribution is 8.00. The smallest absolute Gasteiger partial charge is 0.408 e. The number of hydrogen-bond acceptors (Lipinski definition) is 5. The molecule has 40 heavy (non-hydrogen) atoms. The first-order chi connectivity index (χ1) is 19.1. The van der Waals surface area contributed by atoms with Gasteiger partial charge in [-0.25, -0.2) is 4.79 Å². The van der Waals surface area contributed by atoms with E-state index in [0.717, 1.165) is 16.7 Å². The first-order valence-corrected chi connectivity index (χ1v) is 14.4. The van der Waals surface area contributed by atoms with Crippen molar-refractivity contribution >= 4 is 29.7 Å². The number of hydrogen-bond donors (Lipinski definition) is 3. The average molecular weight is 563 g/mol. The minimum absolute atomic E-state index is 0.0407. The van der Waals surface area contributed by atoms with E-state index < -0.39 is 28.5 Å². The Morgan fingerprint density at radius 1 is 0.800 bits per heavy atom. The number of carboxylic acid groups (broad SMARTS) is 1. The Kier molecular flexibility index (Phi) is 11.2. The summed E-state index contributed by atoms with van der Waals surface area (Å²) in [5.41, 5.74) is 2.41. The lowest BCUT2D eigenvalue weighted by molar-refractivity contribution is -0.137. The fourth-order valence-electron chi connectivity index (χ4n) is 4.35. The van der Waals surface area contributed by atoms with E-state index in [2.05, 4.69) is 47.0 Å². The van der Waals surface area contributed by atoms with E-state index in [4.69, 9.17) is 9.84 Å². The molecule has 0 radical (unpaired) electrons. The van der Waals surface area contributed by atoms with Gasteiger partial charge in [-0.2, -0.15) is 0 Å². The molecule has 7 nitrogen and oxygen atoms in total. The normalized spacial score (nSPS) is 12.3.